The molecule has 0 unspecified atom stereocenters. The fraction of sp³-hybridized carbons (Fsp3) is 0.278. The second-order valence-electron chi connectivity index (χ2n) is 6.32. The Labute approximate surface area is 139 Å². The molecule has 0 saturated carbocycles. The summed E-state index contributed by atoms with van der Waals surface area (Å²) in [5.41, 5.74) is 14.5. The molecule has 1 aliphatic heterocycles. The minimum absolute atomic E-state index is 0.0727. The highest BCUT2D eigenvalue weighted by atomic mass is 16.2. The zero-order valence-corrected chi connectivity index (χ0v) is 13.5. The molecule has 1 saturated heterocycles. The van der Waals surface area contributed by atoms with Gasteiger partial charge in [0, 0.05) is 35.4 Å². The van der Waals surface area contributed by atoms with E-state index in [1.165, 1.54) is 0 Å². The molecule has 2 aromatic heterocycles. The van der Waals surface area contributed by atoms with Crippen LogP contribution in [0.4, 0.5) is 11.6 Å². The van der Waals surface area contributed by atoms with E-state index in [-0.39, 0.29) is 11.7 Å². The highest BCUT2D eigenvalue weighted by Gasteiger charge is 2.26. The maximum Gasteiger partial charge on any atom is 0.258 e. The van der Waals surface area contributed by atoms with Crippen LogP contribution < -0.4 is 11.5 Å². The maximum absolute atomic E-state index is 13.1. The van der Waals surface area contributed by atoms with Gasteiger partial charge in [-0.3, -0.25) is 9.78 Å². The number of nitrogen functional groups attached to an aromatic ring is 2. The normalized spacial score (nSPS) is 14.6. The maximum atomic E-state index is 13.1. The molecule has 122 valence electrons. The number of aryl methyl sites for hydroxylation is 1. The molecular formula is C18H19N5O. The first-order valence-corrected chi connectivity index (χ1v) is 8.09. The molecule has 1 amide bonds. The van der Waals surface area contributed by atoms with Crippen LogP contribution >= 0.6 is 0 Å². The number of nitrogens with zero attached hydrogens (tertiary/aromatic N) is 3. The zero-order chi connectivity index (χ0) is 16.8. The number of carbonyl (C=O) groups is 1. The number of amides is 1. The van der Waals surface area contributed by atoms with Gasteiger partial charge in [-0.1, -0.05) is 11.6 Å². The van der Waals surface area contributed by atoms with Crippen LogP contribution in [0.5, 0.6) is 0 Å². The Hall–Kier alpha value is -2.89. The highest BCUT2D eigenvalue weighted by molar-refractivity contribution is 6.21. The molecule has 3 aromatic rings. The minimum atomic E-state index is -0.0727. The molecular weight excluding hydrogens is 302 g/mol. The summed E-state index contributed by atoms with van der Waals surface area (Å²) in [6.45, 7) is 3.52. The first-order valence-electron chi connectivity index (χ1n) is 8.09. The lowest BCUT2D eigenvalue weighted by Gasteiger charge is -2.19. The topological polar surface area (TPSA) is 98.1 Å². The van der Waals surface area contributed by atoms with Crippen molar-refractivity contribution in [1.29, 1.82) is 0 Å². The molecule has 24 heavy (non-hydrogen) atoms. The second kappa shape index (κ2) is 5.33. The Morgan fingerprint density at radius 2 is 1.88 bits per heavy atom. The molecule has 4 rings (SSSR count). The van der Waals surface area contributed by atoms with Gasteiger partial charge >= 0.3 is 0 Å². The average molecular weight is 321 g/mol. The van der Waals surface area contributed by atoms with E-state index in [9.17, 15) is 4.79 Å². The van der Waals surface area contributed by atoms with E-state index in [1.807, 2.05) is 30.0 Å². The summed E-state index contributed by atoms with van der Waals surface area (Å²) in [4.78, 5) is 23.5. The number of fused-ring (bicyclic) bond motifs is 3. The van der Waals surface area contributed by atoms with Gasteiger partial charge in [-0.25, -0.2) is 4.98 Å². The molecule has 1 aliphatic rings. The molecule has 0 atom stereocenters. The lowest BCUT2D eigenvalue weighted by atomic mass is 10.00. The average Bonchev–Trinajstić information content (AvgIpc) is 3.09. The second-order valence-corrected chi connectivity index (χ2v) is 6.32. The van der Waals surface area contributed by atoms with Gasteiger partial charge in [0.15, 0.2) is 0 Å². The van der Waals surface area contributed by atoms with Gasteiger partial charge in [0.05, 0.1) is 11.1 Å². The number of anilines is 2. The molecule has 1 aromatic carbocycles. The molecule has 0 radical (unpaired) electrons. The van der Waals surface area contributed by atoms with E-state index in [0.29, 0.717) is 16.8 Å². The third-order valence-electron chi connectivity index (χ3n) is 4.65. The van der Waals surface area contributed by atoms with Gasteiger partial charge in [-0.2, -0.15) is 0 Å². The first-order chi connectivity index (χ1) is 11.6. The van der Waals surface area contributed by atoms with Gasteiger partial charge in [0.2, 0.25) is 0 Å². The smallest absolute Gasteiger partial charge is 0.258 e. The monoisotopic (exact) mass is 321 g/mol. The van der Waals surface area contributed by atoms with E-state index in [2.05, 4.69) is 9.97 Å². The standard InChI is InChI=1S/C18H19N5O/c1-10-4-5-13-11(8-10)14-12(9-21-13)16(19)22-17(20)15(14)18(24)23-6-2-3-7-23/h4-5,8-9H,2-3,6-7H2,1H3,(H4,19,20,22). The van der Waals surface area contributed by atoms with Crippen molar-refractivity contribution in [1.82, 2.24) is 14.9 Å². The number of pyridine rings is 2. The Balaban J connectivity index is 2.10. The summed E-state index contributed by atoms with van der Waals surface area (Å²) in [6, 6.07) is 5.96. The Morgan fingerprint density at radius 1 is 1.12 bits per heavy atom. The van der Waals surface area contributed by atoms with Crippen LogP contribution in [0.1, 0.15) is 28.8 Å². The first kappa shape index (κ1) is 14.7. The van der Waals surface area contributed by atoms with Crippen LogP contribution in [0, 0.1) is 6.92 Å². The third kappa shape index (κ3) is 2.14. The molecule has 6 nitrogen and oxygen atoms in total. The van der Waals surface area contributed by atoms with Crippen molar-refractivity contribution in [2.75, 3.05) is 24.6 Å². The van der Waals surface area contributed by atoms with Crippen molar-refractivity contribution < 1.29 is 4.79 Å². The van der Waals surface area contributed by atoms with Crippen LogP contribution in [0.15, 0.2) is 24.4 Å². The summed E-state index contributed by atoms with van der Waals surface area (Å²) in [5.74, 6) is 0.416. The summed E-state index contributed by atoms with van der Waals surface area (Å²) in [5, 5.41) is 2.31. The van der Waals surface area contributed by atoms with Crippen molar-refractivity contribution >= 4 is 39.2 Å². The number of carbonyl (C=O) groups excluding carboxylic acids is 1. The van der Waals surface area contributed by atoms with Gasteiger partial charge < -0.3 is 16.4 Å². The Morgan fingerprint density at radius 3 is 2.62 bits per heavy atom. The molecule has 0 aliphatic carbocycles. The SMILES string of the molecule is Cc1ccc2ncc3c(N)nc(N)c(C(=O)N4CCCC4)c3c2c1. The number of nitrogens with two attached hydrogens (primary N) is 2. The lowest BCUT2D eigenvalue weighted by molar-refractivity contribution is 0.0795. The molecule has 1 fully saturated rings. The Kier molecular flexibility index (Phi) is 3.26. The van der Waals surface area contributed by atoms with E-state index in [4.69, 9.17) is 11.5 Å². The minimum Gasteiger partial charge on any atom is -0.383 e. The van der Waals surface area contributed by atoms with E-state index in [1.54, 1.807) is 6.20 Å². The van der Waals surface area contributed by atoms with Crippen LogP contribution in [0.25, 0.3) is 21.7 Å². The third-order valence-corrected chi connectivity index (χ3v) is 4.65. The van der Waals surface area contributed by atoms with Crippen LogP contribution in [-0.4, -0.2) is 33.9 Å². The molecule has 4 N–H and O–H groups in total. The number of likely N-dealkylation sites (tertiary alicyclic amines) is 1. The number of aromatic nitrogens is 2. The fourth-order valence-corrected chi connectivity index (χ4v) is 3.44. The molecule has 3 heterocycles. The van der Waals surface area contributed by atoms with E-state index < -0.39 is 0 Å². The lowest BCUT2D eigenvalue weighted by Crippen LogP contribution is -2.29. The van der Waals surface area contributed by atoms with Gasteiger partial charge in [-0.15, -0.1) is 0 Å². The Bertz CT molecular complexity index is 976. The number of rotatable bonds is 1. The van der Waals surface area contributed by atoms with Gasteiger partial charge in [0.1, 0.15) is 11.6 Å². The van der Waals surface area contributed by atoms with Gasteiger partial charge in [0.25, 0.3) is 5.91 Å². The van der Waals surface area contributed by atoms with E-state index >= 15 is 0 Å². The summed E-state index contributed by atoms with van der Waals surface area (Å²) in [7, 11) is 0. The fourth-order valence-electron chi connectivity index (χ4n) is 3.44. The van der Waals surface area contributed by atoms with E-state index in [0.717, 1.165) is 47.8 Å². The predicted molar refractivity (Wildman–Crippen MR) is 95.7 cm³/mol. The largest absolute Gasteiger partial charge is 0.383 e. The molecule has 0 bridgehead atoms. The number of hydrogen-bond donors (Lipinski definition) is 2. The van der Waals surface area contributed by atoms with Crippen molar-refractivity contribution in [2.45, 2.75) is 19.8 Å². The summed E-state index contributed by atoms with van der Waals surface area (Å²) < 4.78 is 0. The summed E-state index contributed by atoms with van der Waals surface area (Å²) in [6.07, 6.45) is 3.72. The summed E-state index contributed by atoms with van der Waals surface area (Å²) >= 11 is 0. The van der Waals surface area contributed by atoms with Crippen LogP contribution in [0.2, 0.25) is 0 Å². The highest BCUT2D eigenvalue weighted by Crippen LogP contribution is 2.34. The van der Waals surface area contributed by atoms with Crippen molar-refractivity contribution in [3.05, 3.63) is 35.5 Å². The van der Waals surface area contributed by atoms with Crippen molar-refractivity contribution in [3.8, 4) is 0 Å². The number of benzene rings is 1. The van der Waals surface area contributed by atoms with Crippen molar-refractivity contribution in [3.63, 3.8) is 0 Å². The zero-order valence-electron chi connectivity index (χ0n) is 13.5. The van der Waals surface area contributed by atoms with Crippen LogP contribution in [0.3, 0.4) is 0 Å². The number of hydrogen-bond acceptors (Lipinski definition) is 5. The van der Waals surface area contributed by atoms with Crippen LogP contribution in [-0.2, 0) is 0 Å². The quantitative estimate of drug-likeness (QED) is 0.671. The molecule has 0 spiro atoms. The van der Waals surface area contributed by atoms with Gasteiger partial charge in [-0.05, 0) is 31.9 Å². The predicted octanol–water partition coefficient (Wildman–Crippen LogP) is 2.49. The van der Waals surface area contributed by atoms with Crippen molar-refractivity contribution in [2.24, 2.45) is 0 Å². The molecule has 6 heteroatoms.